The first kappa shape index (κ1) is 30.7. The van der Waals surface area contributed by atoms with Crippen molar-refractivity contribution in [1.29, 1.82) is 0 Å². The van der Waals surface area contributed by atoms with Crippen molar-refractivity contribution >= 4 is 33.3 Å². The van der Waals surface area contributed by atoms with Crippen molar-refractivity contribution in [2.45, 2.75) is 143 Å². The first-order valence-electron chi connectivity index (χ1n) is 12.2. The van der Waals surface area contributed by atoms with Crippen molar-refractivity contribution in [2.24, 2.45) is 0 Å². The zero-order valence-corrected chi connectivity index (χ0v) is 26.8. The third-order valence-electron chi connectivity index (χ3n) is 6.57. The van der Waals surface area contributed by atoms with Crippen LogP contribution in [-0.4, -0.2) is 57.7 Å². The van der Waals surface area contributed by atoms with Crippen molar-refractivity contribution in [3.8, 4) is 0 Å². The Morgan fingerprint density at radius 2 is 0.633 bits per heavy atom. The lowest BCUT2D eigenvalue weighted by atomic mass is 10.1. The molecule has 0 rings (SSSR count). The maximum absolute atomic E-state index is 6.93. The summed E-state index contributed by atoms with van der Waals surface area (Å²) in [6.45, 7) is 31.8. The molecule has 0 heterocycles. The van der Waals surface area contributed by atoms with Crippen LogP contribution in [0.5, 0.6) is 0 Å². The van der Waals surface area contributed by atoms with Crippen molar-refractivity contribution in [1.82, 2.24) is 0 Å². The van der Waals surface area contributed by atoms with Gasteiger partial charge in [0.2, 0.25) is 0 Å². The highest BCUT2D eigenvalue weighted by atomic mass is 28.4. The van der Waals surface area contributed by atoms with Gasteiger partial charge >= 0.3 is 0 Å². The number of hydrogen-bond acceptors (Lipinski definition) is 4. The highest BCUT2D eigenvalue weighted by Gasteiger charge is 2.43. The van der Waals surface area contributed by atoms with Gasteiger partial charge < -0.3 is 17.7 Å². The molecule has 0 aromatic carbocycles. The van der Waals surface area contributed by atoms with E-state index < -0.39 is 33.3 Å². The molecule has 30 heavy (non-hydrogen) atoms. The van der Waals surface area contributed by atoms with Crippen LogP contribution in [0.2, 0.25) is 76.6 Å². The van der Waals surface area contributed by atoms with E-state index in [-0.39, 0.29) is 24.4 Å². The van der Waals surface area contributed by atoms with Crippen LogP contribution in [0.3, 0.4) is 0 Å². The average Bonchev–Trinajstić information content (AvgIpc) is 2.63. The lowest BCUT2D eigenvalue weighted by Crippen LogP contribution is -2.57. The van der Waals surface area contributed by atoms with Gasteiger partial charge in [-0.15, -0.1) is 0 Å². The molecule has 0 radical (unpaired) electrons. The first-order valence-corrected chi connectivity index (χ1v) is 24.6. The Morgan fingerprint density at radius 3 is 0.833 bits per heavy atom. The van der Waals surface area contributed by atoms with Gasteiger partial charge in [-0.25, -0.2) is 0 Å². The van der Waals surface area contributed by atoms with Crippen LogP contribution in [0.25, 0.3) is 0 Å². The second-order valence-electron chi connectivity index (χ2n) is 11.3. The van der Waals surface area contributed by atoms with Gasteiger partial charge in [0.1, 0.15) is 0 Å². The molecule has 0 aliphatic carbocycles. The topological polar surface area (TPSA) is 36.9 Å². The summed E-state index contributed by atoms with van der Waals surface area (Å²) in [6, 6.07) is 4.36. The Morgan fingerprint density at radius 1 is 0.433 bits per heavy atom. The smallest absolute Gasteiger partial charge is 0.187 e. The summed E-state index contributed by atoms with van der Waals surface area (Å²) in [5.74, 6) is 0. The van der Waals surface area contributed by atoms with E-state index >= 15 is 0 Å². The van der Waals surface area contributed by atoms with E-state index in [1.54, 1.807) is 0 Å². The molecule has 0 aromatic heterocycles. The molecule has 0 aliphatic rings. The fraction of sp³-hybridized carbons (Fsp3) is 1.00. The molecule has 0 unspecified atom stereocenters. The summed E-state index contributed by atoms with van der Waals surface area (Å²) in [5.41, 5.74) is 0. The Balaban J connectivity index is 6.13. The van der Waals surface area contributed by atoms with Gasteiger partial charge in [0.25, 0.3) is 0 Å². The molecule has 0 aliphatic heterocycles. The van der Waals surface area contributed by atoms with Crippen LogP contribution in [-0.2, 0) is 17.7 Å². The summed E-state index contributed by atoms with van der Waals surface area (Å²) in [7, 11) is -7.11. The highest BCUT2D eigenvalue weighted by molar-refractivity contribution is 6.72. The average molecular weight is 495 g/mol. The standard InChI is InChI=1S/C22H54O4Si4/c1-15-27(7,8)23-19(5)21(25-29(11,12)17-3)22(26-30(13,14)18-4)20(6)24-28(9,10)16-2/h19-22H,15-18H2,1-14H3/t19-,20+,21+,22-. The molecular weight excluding hydrogens is 441 g/mol. The monoisotopic (exact) mass is 494 g/mol. The van der Waals surface area contributed by atoms with Gasteiger partial charge in [0, 0.05) is 0 Å². The first-order chi connectivity index (χ1) is 13.4. The lowest BCUT2D eigenvalue weighted by Gasteiger charge is -2.45. The van der Waals surface area contributed by atoms with Crippen molar-refractivity contribution in [2.75, 3.05) is 0 Å². The quantitative estimate of drug-likeness (QED) is 0.221. The van der Waals surface area contributed by atoms with Gasteiger partial charge in [-0.3, -0.25) is 0 Å². The minimum Gasteiger partial charge on any atom is -0.412 e. The molecule has 8 heteroatoms. The maximum atomic E-state index is 6.93. The van der Waals surface area contributed by atoms with E-state index in [2.05, 4.69) is 93.9 Å². The minimum absolute atomic E-state index is 0.00551. The molecule has 0 bridgehead atoms. The van der Waals surface area contributed by atoms with E-state index in [1.165, 1.54) is 0 Å². The molecule has 0 aromatic rings. The maximum Gasteiger partial charge on any atom is 0.187 e. The predicted octanol–water partition coefficient (Wildman–Crippen LogP) is 7.47. The SMILES string of the molecule is CC[Si](C)(C)O[C@H]([C@H](O[Si](C)(C)CC)[C@H](C)O[Si](C)(C)CC)[C@@H](C)O[Si](C)(C)CC. The Kier molecular flexibility index (Phi) is 12.5. The van der Waals surface area contributed by atoms with Gasteiger partial charge in [0.05, 0.1) is 24.4 Å². The summed E-state index contributed by atoms with van der Waals surface area (Å²) < 4.78 is 27.3. The van der Waals surface area contributed by atoms with Crippen LogP contribution >= 0.6 is 0 Å². The zero-order chi connectivity index (χ0) is 24.0. The molecule has 0 spiro atoms. The third-order valence-corrected chi connectivity index (χ3v) is 17.2. The Labute approximate surface area is 193 Å². The molecule has 4 nitrogen and oxygen atoms in total. The zero-order valence-electron chi connectivity index (χ0n) is 22.8. The Bertz CT molecular complexity index is 454. The molecule has 0 saturated heterocycles. The second-order valence-corrected chi connectivity index (χ2v) is 29.1. The fourth-order valence-corrected chi connectivity index (χ4v) is 8.14. The summed E-state index contributed by atoms with van der Waals surface area (Å²) >= 11 is 0. The molecule has 0 amide bonds. The summed E-state index contributed by atoms with van der Waals surface area (Å²) in [6.07, 6.45) is -0.206. The van der Waals surface area contributed by atoms with Crippen molar-refractivity contribution in [3.63, 3.8) is 0 Å². The van der Waals surface area contributed by atoms with Crippen LogP contribution < -0.4 is 0 Å². The summed E-state index contributed by atoms with van der Waals surface area (Å²) in [4.78, 5) is 0. The van der Waals surface area contributed by atoms with Gasteiger partial charge in [-0.2, -0.15) is 0 Å². The van der Waals surface area contributed by atoms with Crippen LogP contribution in [0, 0.1) is 0 Å². The van der Waals surface area contributed by atoms with E-state index in [0.29, 0.717) is 0 Å². The van der Waals surface area contributed by atoms with Crippen LogP contribution in [0.4, 0.5) is 0 Å². The highest BCUT2D eigenvalue weighted by Crippen LogP contribution is 2.30. The van der Waals surface area contributed by atoms with Crippen LogP contribution in [0.15, 0.2) is 0 Å². The fourth-order valence-electron chi connectivity index (χ4n) is 3.07. The van der Waals surface area contributed by atoms with E-state index in [9.17, 15) is 0 Å². The van der Waals surface area contributed by atoms with Gasteiger partial charge in [0.15, 0.2) is 33.3 Å². The van der Waals surface area contributed by atoms with Crippen molar-refractivity contribution < 1.29 is 17.7 Å². The van der Waals surface area contributed by atoms with Gasteiger partial charge in [-0.05, 0) is 90.4 Å². The van der Waals surface area contributed by atoms with E-state index in [0.717, 1.165) is 24.2 Å². The minimum atomic E-state index is -1.82. The normalized spacial score (nSPS) is 18.2. The molecule has 0 saturated carbocycles. The molecule has 0 fully saturated rings. The molecular formula is C22H54O4Si4. The molecule has 182 valence electrons. The van der Waals surface area contributed by atoms with E-state index in [1.807, 2.05) is 0 Å². The third kappa shape index (κ3) is 11.0. The lowest BCUT2D eigenvalue weighted by molar-refractivity contribution is -0.0696. The number of rotatable bonds is 15. The second kappa shape index (κ2) is 12.2. The van der Waals surface area contributed by atoms with Crippen LogP contribution in [0.1, 0.15) is 41.5 Å². The molecule has 4 atom stereocenters. The summed E-state index contributed by atoms with van der Waals surface area (Å²) in [5, 5.41) is 0. The molecule has 0 N–H and O–H groups in total. The Hall–Kier alpha value is 0.708. The largest absolute Gasteiger partial charge is 0.412 e. The predicted molar refractivity (Wildman–Crippen MR) is 143 cm³/mol. The van der Waals surface area contributed by atoms with Crippen molar-refractivity contribution in [3.05, 3.63) is 0 Å². The van der Waals surface area contributed by atoms with Gasteiger partial charge in [-0.1, -0.05) is 27.7 Å². The number of hydrogen-bond donors (Lipinski definition) is 0. The van der Waals surface area contributed by atoms with E-state index in [4.69, 9.17) is 17.7 Å².